The van der Waals surface area contributed by atoms with Crippen molar-refractivity contribution in [1.29, 1.82) is 0 Å². The molecule has 0 spiro atoms. The minimum Gasteiger partial charge on any atom is -0.480 e. The van der Waals surface area contributed by atoms with E-state index in [-0.39, 0.29) is 5.69 Å². The van der Waals surface area contributed by atoms with E-state index < -0.39 is 23.7 Å². The van der Waals surface area contributed by atoms with Crippen molar-refractivity contribution < 1.29 is 18.7 Å². The molecule has 92 valence electrons. The zero-order valence-electron chi connectivity index (χ0n) is 9.22. The molecule has 17 heavy (non-hydrogen) atoms. The summed E-state index contributed by atoms with van der Waals surface area (Å²) >= 11 is 0. The molecule has 1 fully saturated rings. The second-order valence-corrected chi connectivity index (χ2v) is 4.99. The van der Waals surface area contributed by atoms with E-state index in [4.69, 9.17) is 5.11 Å². The van der Waals surface area contributed by atoms with Crippen LogP contribution in [0.4, 0.5) is 8.78 Å². The number of nitrogens with one attached hydrogen (secondary N) is 1. The summed E-state index contributed by atoms with van der Waals surface area (Å²) in [5, 5.41) is 9.05. The summed E-state index contributed by atoms with van der Waals surface area (Å²) in [6.45, 7) is 0. The molecule has 0 radical (unpaired) electrons. The Kier molecular flexibility index (Phi) is 1.95. The second kappa shape index (κ2) is 3.09. The van der Waals surface area contributed by atoms with Crippen LogP contribution in [0.2, 0.25) is 0 Å². The average molecular weight is 241 g/mol. The van der Waals surface area contributed by atoms with Gasteiger partial charge in [0, 0.05) is 17.8 Å². The zero-order chi connectivity index (χ0) is 12.3. The quantitative estimate of drug-likeness (QED) is 0.834. The molecule has 3 rings (SSSR count). The molecule has 0 aliphatic heterocycles. The van der Waals surface area contributed by atoms with Crippen molar-refractivity contribution in [3.05, 3.63) is 23.0 Å². The third-order valence-corrected chi connectivity index (χ3v) is 3.93. The van der Waals surface area contributed by atoms with Crippen LogP contribution in [0, 0.1) is 0 Å². The highest BCUT2D eigenvalue weighted by Gasteiger charge is 2.78. The van der Waals surface area contributed by atoms with Gasteiger partial charge in [0.15, 0.2) is 5.41 Å². The standard InChI is InChI=1S/C12H13F2NO2/c13-12(14)6-11(12,10(16)17)9-5-7-3-1-2-4-8(7)15-9/h5,15H,1-4,6H2,(H,16,17). The first-order valence-electron chi connectivity index (χ1n) is 5.80. The van der Waals surface area contributed by atoms with Crippen molar-refractivity contribution in [2.75, 3.05) is 0 Å². The number of aliphatic carboxylic acids is 1. The average Bonchev–Trinajstić information content (AvgIpc) is 2.69. The number of carboxylic acids is 1. The van der Waals surface area contributed by atoms with Gasteiger partial charge < -0.3 is 10.1 Å². The third-order valence-electron chi connectivity index (χ3n) is 3.93. The molecular formula is C12H13F2NO2. The van der Waals surface area contributed by atoms with Gasteiger partial charge in [-0.2, -0.15) is 0 Å². The van der Waals surface area contributed by atoms with Crippen LogP contribution in [0.15, 0.2) is 6.07 Å². The summed E-state index contributed by atoms with van der Waals surface area (Å²) in [5.41, 5.74) is 0.135. The largest absolute Gasteiger partial charge is 0.480 e. The van der Waals surface area contributed by atoms with Gasteiger partial charge in [-0.3, -0.25) is 4.79 Å². The molecule has 2 aliphatic carbocycles. The molecule has 1 aromatic rings. The fourth-order valence-electron chi connectivity index (χ4n) is 2.76. The summed E-state index contributed by atoms with van der Waals surface area (Å²) < 4.78 is 26.7. The molecule has 3 nitrogen and oxygen atoms in total. The zero-order valence-corrected chi connectivity index (χ0v) is 9.22. The van der Waals surface area contributed by atoms with Crippen LogP contribution in [0.5, 0.6) is 0 Å². The Morgan fingerprint density at radius 1 is 1.35 bits per heavy atom. The molecule has 1 saturated carbocycles. The number of fused-ring (bicyclic) bond motifs is 1. The van der Waals surface area contributed by atoms with Crippen LogP contribution in [0.3, 0.4) is 0 Å². The van der Waals surface area contributed by atoms with E-state index in [1.165, 1.54) is 0 Å². The fraction of sp³-hybridized carbons (Fsp3) is 0.583. The van der Waals surface area contributed by atoms with Gasteiger partial charge in [0.25, 0.3) is 5.92 Å². The van der Waals surface area contributed by atoms with Crippen molar-refractivity contribution >= 4 is 5.97 Å². The number of carbonyl (C=O) groups is 1. The number of halogens is 2. The third kappa shape index (κ3) is 1.28. The Hall–Kier alpha value is -1.39. The first kappa shape index (κ1) is 10.7. The summed E-state index contributed by atoms with van der Waals surface area (Å²) in [6, 6.07) is 1.63. The minimum absolute atomic E-state index is 0.182. The molecule has 0 bridgehead atoms. The number of rotatable bonds is 2. The maximum atomic E-state index is 13.4. The lowest BCUT2D eigenvalue weighted by Crippen LogP contribution is -2.27. The van der Waals surface area contributed by atoms with Crippen molar-refractivity contribution in [3.8, 4) is 0 Å². The number of hydrogen-bond acceptors (Lipinski definition) is 1. The molecule has 2 aliphatic rings. The van der Waals surface area contributed by atoms with Crippen LogP contribution >= 0.6 is 0 Å². The van der Waals surface area contributed by atoms with Gasteiger partial charge in [0.2, 0.25) is 0 Å². The number of aryl methyl sites for hydroxylation is 2. The summed E-state index contributed by atoms with van der Waals surface area (Å²) in [7, 11) is 0. The van der Waals surface area contributed by atoms with Gasteiger partial charge in [0.1, 0.15) is 0 Å². The predicted molar refractivity (Wildman–Crippen MR) is 56.3 cm³/mol. The molecule has 1 heterocycles. The van der Waals surface area contributed by atoms with Crippen molar-refractivity contribution in [2.45, 2.75) is 43.4 Å². The number of alkyl halides is 2. The number of hydrogen-bond donors (Lipinski definition) is 2. The van der Waals surface area contributed by atoms with E-state index >= 15 is 0 Å². The maximum absolute atomic E-state index is 13.4. The molecule has 1 unspecified atom stereocenters. The lowest BCUT2D eigenvalue weighted by Gasteiger charge is -2.09. The van der Waals surface area contributed by atoms with Gasteiger partial charge in [-0.1, -0.05) is 0 Å². The number of aromatic amines is 1. The van der Waals surface area contributed by atoms with E-state index in [1.807, 2.05) is 0 Å². The van der Waals surface area contributed by atoms with Gasteiger partial charge >= 0.3 is 5.97 Å². The molecule has 0 amide bonds. The van der Waals surface area contributed by atoms with Crippen molar-refractivity contribution in [3.63, 3.8) is 0 Å². The van der Waals surface area contributed by atoms with Crippen LogP contribution in [0.1, 0.15) is 36.2 Å². The summed E-state index contributed by atoms with van der Waals surface area (Å²) in [5.74, 6) is -4.55. The van der Waals surface area contributed by atoms with Crippen molar-refractivity contribution in [2.24, 2.45) is 0 Å². The summed E-state index contributed by atoms with van der Waals surface area (Å²) in [4.78, 5) is 14.0. The fourth-order valence-corrected chi connectivity index (χ4v) is 2.76. The molecule has 1 atom stereocenters. The molecule has 1 aromatic heterocycles. The van der Waals surface area contributed by atoms with E-state index in [9.17, 15) is 13.6 Å². The number of carboxylic acid groups (broad SMARTS) is 1. The van der Waals surface area contributed by atoms with Gasteiger partial charge in [0.05, 0.1) is 0 Å². The van der Waals surface area contributed by atoms with Gasteiger partial charge in [-0.25, -0.2) is 8.78 Å². The molecule has 0 saturated heterocycles. The number of aromatic nitrogens is 1. The van der Waals surface area contributed by atoms with E-state index in [0.717, 1.165) is 36.9 Å². The van der Waals surface area contributed by atoms with Gasteiger partial charge in [-0.15, -0.1) is 0 Å². The normalized spacial score (nSPS) is 29.8. The first-order valence-corrected chi connectivity index (χ1v) is 5.80. The molecule has 2 N–H and O–H groups in total. The van der Waals surface area contributed by atoms with Gasteiger partial charge in [-0.05, 0) is 37.3 Å². The monoisotopic (exact) mass is 241 g/mol. The maximum Gasteiger partial charge on any atom is 0.322 e. The predicted octanol–water partition coefficient (Wildman–Crippen LogP) is 2.25. The minimum atomic E-state index is -3.12. The van der Waals surface area contributed by atoms with Crippen LogP contribution < -0.4 is 0 Å². The Morgan fingerprint density at radius 2 is 2.00 bits per heavy atom. The highest BCUT2D eigenvalue weighted by molar-refractivity contribution is 5.87. The second-order valence-electron chi connectivity index (χ2n) is 4.99. The highest BCUT2D eigenvalue weighted by atomic mass is 19.3. The van der Waals surface area contributed by atoms with E-state index in [1.54, 1.807) is 6.07 Å². The van der Waals surface area contributed by atoms with Crippen LogP contribution in [0.25, 0.3) is 0 Å². The van der Waals surface area contributed by atoms with Crippen LogP contribution in [-0.2, 0) is 23.1 Å². The Bertz CT molecular complexity index is 471. The Labute approximate surface area is 96.8 Å². The smallest absolute Gasteiger partial charge is 0.322 e. The van der Waals surface area contributed by atoms with Crippen LogP contribution in [-0.4, -0.2) is 22.0 Å². The van der Waals surface area contributed by atoms with Crippen molar-refractivity contribution in [1.82, 2.24) is 4.98 Å². The Morgan fingerprint density at radius 3 is 2.53 bits per heavy atom. The molecule has 5 heteroatoms. The molecular weight excluding hydrogens is 228 g/mol. The highest BCUT2D eigenvalue weighted by Crippen LogP contribution is 2.61. The topological polar surface area (TPSA) is 53.1 Å². The number of H-pyrrole nitrogens is 1. The van der Waals surface area contributed by atoms with E-state index in [0.29, 0.717) is 0 Å². The Balaban J connectivity index is 2.04. The SMILES string of the molecule is O=C(O)C1(c2cc3c([nH]2)CCCC3)CC1(F)F. The van der Waals surface area contributed by atoms with E-state index in [2.05, 4.69) is 4.98 Å². The lowest BCUT2D eigenvalue weighted by atomic mass is 9.97. The lowest BCUT2D eigenvalue weighted by molar-refractivity contribution is -0.143. The molecule has 0 aromatic carbocycles. The summed E-state index contributed by atoms with van der Waals surface area (Å²) in [6.07, 6.45) is 3.17. The first-order chi connectivity index (χ1) is 7.97.